The quantitative estimate of drug-likeness (QED) is 0.860. The molecule has 2 aromatic rings. The van der Waals surface area contributed by atoms with Crippen LogP contribution in [0.5, 0.6) is 5.75 Å². The van der Waals surface area contributed by atoms with Crippen molar-refractivity contribution in [1.29, 1.82) is 0 Å². The van der Waals surface area contributed by atoms with Gasteiger partial charge in [-0.1, -0.05) is 19.1 Å². The van der Waals surface area contributed by atoms with E-state index in [0.29, 0.717) is 17.9 Å². The molecule has 21 heavy (non-hydrogen) atoms. The van der Waals surface area contributed by atoms with Gasteiger partial charge in [-0.15, -0.1) is 0 Å². The average Bonchev–Trinajstić information content (AvgIpc) is 2.47. The zero-order valence-electron chi connectivity index (χ0n) is 11.9. The molecular weight excluding hydrogens is 286 g/mol. The summed E-state index contributed by atoms with van der Waals surface area (Å²) in [5.74, 6) is 0.414. The standard InChI is InChI=1S/C16H19NO3S/c1-2-11-21(19,20)16-9-5-14(6-10-16)17-12-13-3-7-15(18)8-4-13/h3-10,17-18H,2,11-12H2,1H3. The summed E-state index contributed by atoms with van der Waals surface area (Å²) in [5.41, 5.74) is 1.90. The number of benzene rings is 2. The predicted octanol–water partition coefficient (Wildman–Crippen LogP) is 3.19. The van der Waals surface area contributed by atoms with Crippen molar-refractivity contribution in [3.63, 3.8) is 0 Å². The lowest BCUT2D eigenvalue weighted by Gasteiger charge is -2.08. The van der Waals surface area contributed by atoms with Crippen molar-refractivity contribution >= 4 is 15.5 Å². The van der Waals surface area contributed by atoms with Gasteiger partial charge in [0.05, 0.1) is 10.6 Å². The van der Waals surface area contributed by atoms with E-state index < -0.39 is 9.84 Å². The van der Waals surface area contributed by atoms with Crippen molar-refractivity contribution in [3.8, 4) is 5.75 Å². The first-order chi connectivity index (χ1) is 10.0. The zero-order chi connectivity index (χ0) is 15.3. The van der Waals surface area contributed by atoms with Gasteiger partial charge in [0.2, 0.25) is 0 Å². The third-order valence-corrected chi connectivity index (χ3v) is 5.06. The van der Waals surface area contributed by atoms with Crippen molar-refractivity contribution in [2.45, 2.75) is 24.8 Å². The number of rotatable bonds is 6. The normalized spacial score (nSPS) is 11.3. The second kappa shape index (κ2) is 6.63. The Morgan fingerprint density at radius 1 is 1.00 bits per heavy atom. The van der Waals surface area contributed by atoms with Gasteiger partial charge in [-0.3, -0.25) is 0 Å². The predicted molar refractivity (Wildman–Crippen MR) is 84.2 cm³/mol. The van der Waals surface area contributed by atoms with E-state index in [1.54, 1.807) is 36.4 Å². The Hall–Kier alpha value is -2.01. The highest BCUT2D eigenvalue weighted by atomic mass is 32.2. The Morgan fingerprint density at radius 3 is 2.19 bits per heavy atom. The molecule has 0 aromatic heterocycles. The molecule has 2 aromatic carbocycles. The van der Waals surface area contributed by atoms with Crippen molar-refractivity contribution in [2.75, 3.05) is 11.1 Å². The second-order valence-corrected chi connectivity index (χ2v) is 6.97. The SMILES string of the molecule is CCCS(=O)(=O)c1ccc(NCc2ccc(O)cc2)cc1. The van der Waals surface area contributed by atoms with Crippen LogP contribution >= 0.6 is 0 Å². The minimum Gasteiger partial charge on any atom is -0.508 e. The van der Waals surface area contributed by atoms with Gasteiger partial charge in [0.25, 0.3) is 0 Å². The van der Waals surface area contributed by atoms with E-state index in [4.69, 9.17) is 0 Å². The molecule has 0 saturated carbocycles. The molecule has 0 bridgehead atoms. The average molecular weight is 305 g/mol. The summed E-state index contributed by atoms with van der Waals surface area (Å²) in [6.07, 6.45) is 0.614. The molecule has 2 rings (SSSR count). The summed E-state index contributed by atoms with van der Waals surface area (Å²) in [7, 11) is -3.15. The van der Waals surface area contributed by atoms with Crippen molar-refractivity contribution in [2.24, 2.45) is 0 Å². The smallest absolute Gasteiger partial charge is 0.178 e. The Morgan fingerprint density at radius 2 is 1.62 bits per heavy atom. The van der Waals surface area contributed by atoms with Gasteiger partial charge >= 0.3 is 0 Å². The molecule has 0 aliphatic heterocycles. The topological polar surface area (TPSA) is 66.4 Å². The summed E-state index contributed by atoms with van der Waals surface area (Å²) < 4.78 is 23.8. The molecule has 0 amide bonds. The number of phenolic OH excluding ortho intramolecular Hbond substituents is 1. The van der Waals surface area contributed by atoms with Gasteiger partial charge in [0.15, 0.2) is 9.84 Å². The summed E-state index contributed by atoms with van der Waals surface area (Å²) in [6.45, 7) is 2.46. The lowest BCUT2D eigenvalue weighted by atomic mass is 10.2. The van der Waals surface area contributed by atoms with Gasteiger partial charge in [0, 0.05) is 12.2 Å². The molecule has 0 aliphatic carbocycles. The first kappa shape index (κ1) is 15.4. The van der Waals surface area contributed by atoms with Crippen LogP contribution in [0.4, 0.5) is 5.69 Å². The molecule has 0 atom stereocenters. The van der Waals surface area contributed by atoms with Crippen LogP contribution in [0.3, 0.4) is 0 Å². The first-order valence-corrected chi connectivity index (χ1v) is 8.51. The fraction of sp³-hybridized carbons (Fsp3) is 0.250. The summed E-state index contributed by atoms with van der Waals surface area (Å²) in [4.78, 5) is 0.361. The van der Waals surface area contributed by atoms with Gasteiger partial charge in [-0.05, 0) is 48.4 Å². The van der Waals surface area contributed by atoms with Gasteiger partial charge in [-0.2, -0.15) is 0 Å². The van der Waals surface area contributed by atoms with E-state index in [1.807, 2.05) is 19.1 Å². The van der Waals surface area contributed by atoms with Gasteiger partial charge in [-0.25, -0.2) is 8.42 Å². The largest absolute Gasteiger partial charge is 0.508 e. The first-order valence-electron chi connectivity index (χ1n) is 6.86. The van der Waals surface area contributed by atoms with E-state index in [0.717, 1.165) is 11.3 Å². The maximum atomic E-state index is 11.9. The molecule has 0 unspecified atom stereocenters. The number of hydrogen-bond donors (Lipinski definition) is 2. The number of phenols is 1. The molecular formula is C16H19NO3S. The molecule has 0 fully saturated rings. The van der Waals surface area contributed by atoms with Crippen molar-refractivity contribution in [3.05, 3.63) is 54.1 Å². The third kappa shape index (κ3) is 4.23. The molecule has 0 heterocycles. The van der Waals surface area contributed by atoms with Crippen LogP contribution in [-0.4, -0.2) is 19.3 Å². The van der Waals surface area contributed by atoms with Crippen LogP contribution < -0.4 is 5.32 Å². The zero-order valence-corrected chi connectivity index (χ0v) is 12.7. The monoisotopic (exact) mass is 305 g/mol. The Kier molecular flexibility index (Phi) is 4.85. The summed E-state index contributed by atoms with van der Waals surface area (Å²) >= 11 is 0. The van der Waals surface area contributed by atoms with E-state index in [-0.39, 0.29) is 11.5 Å². The maximum absolute atomic E-state index is 11.9. The van der Waals surface area contributed by atoms with Crippen LogP contribution in [-0.2, 0) is 16.4 Å². The summed E-state index contributed by atoms with van der Waals surface area (Å²) in [6, 6.07) is 13.7. The maximum Gasteiger partial charge on any atom is 0.178 e. The van der Waals surface area contributed by atoms with Crippen LogP contribution in [0.1, 0.15) is 18.9 Å². The van der Waals surface area contributed by atoms with Crippen LogP contribution in [0.2, 0.25) is 0 Å². The number of hydrogen-bond acceptors (Lipinski definition) is 4. The Balaban J connectivity index is 2.01. The van der Waals surface area contributed by atoms with Crippen molar-refractivity contribution in [1.82, 2.24) is 0 Å². The van der Waals surface area contributed by atoms with E-state index in [1.165, 1.54) is 0 Å². The molecule has 0 spiro atoms. The molecule has 112 valence electrons. The Labute approximate surface area is 125 Å². The van der Waals surface area contributed by atoms with E-state index in [9.17, 15) is 13.5 Å². The highest BCUT2D eigenvalue weighted by molar-refractivity contribution is 7.91. The highest BCUT2D eigenvalue weighted by Crippen LogP contribution is 2.17. The number of anilines is 1. The number of aromatic hydroxyl groups is 1. The van der Waals surface area contributed by atoms with Crippen LogP contribution in [0.15, 0.2) is 53.4 Å². The fourth-order valence-electron chi connectivity index (χ4n) is 1.98. The molecule has 0 saturated heterocycles. The van der Waals surface area contributed by atoms with Crippen LogP contribution in [0, 0.1) is 0 Å². The number of sulfone groups is 1. The molecule has 2 N–H and O–H groups in total. The van der Waals surface area contributed by atoms with Gasteiger partial charge in [0.1, 0.15) is 5.75 Å². The van der Waals surface area contributed by atoms with E-state index >= 15 is 0 Å². The van der Waals surface area contributed by atoms with E-state index in [2.05, 4.69) is 5.32 Å². The minimum atomic E-state index is -3.15. The fourth-order valence-corrected chi connectivity index (χ4v) is 3.31. The highest BCUT2D eigenvalue weighted by Gasteiger charge is 2.12. The van der Waals surface area contributed by atoms with Crippen LogP contribution in [0.25, 0.3) is 0 Å². The Bertz CT molecular complexity index is 676. The minimum absolute atomic E-state index is 0.174. The summed E-state index contributed by atoms with van der Waals surface area (Å²) in [5, 5.41) is 12.4. The van der Waals surface area contributed by atoms with Gasteiger partial charge < -0.3 is 10.4 Å². The number of nitrogens with one attached hydrogen (secondary N) is 1. The molecule has 5 heteroatoms. The third-order valence-electron chi connectivity index (χ3n) is 3.12. The van der Waals surface area contributed by atoms with Crippen molar-refractivity contribution < 1.29 is 13.5 Å². The second-order valence-electron chi connectivity index (χ2n) is 4.86. The molecule has 4 nitrogen and oxygen atoms in total. The lowest BCUT2D eigenvalue weighted by molar-refractivity contribution is 0.475. The lowest BCUT2D eigenvalue weighted by Crippen LogP contribution is -2.06. The molecule has 0 aliphatic rings. The molecule has 0 radical (unpaired) electrons.